The van der Waals surface area contributed by atoms with Crippen LogP contribution in [0.1, 0.15) is 7.43 Å². The van der Waals surface area contributed by atoms with Gasteiger partial charge in [0.05, 0.1) is 15.1 Å². The Morgan fingerprint density at radius 1 is 0.533 bits per heavy atom. The monoisotopic (exact) mass is 660 g/mol. The van der Waals surface area contributed by atoms with Crippen molar-refractivity contribution in [3.63, 3.8) is 0 Å². The second-order valence-electron chi connectivity index (χ2n) is 4.16. The van der Waals surface area contributed by atoms with Gasteiger partial charge in [0.2, 0.25) is 0 Å². The molecule has 0 spiro atoms. The van der Waals surface area contributed by atoms with E-state index in [2.05, 4.69) is 15.6 Å². The van der Waals surface area contributed by atoms with Gasteiger partial charge >= 0.3 is 0 Å². The molecule has 176 valence electrons. The maximum atomic E-state index is 9.20. The van der Waals surface area contributed by atoms with Crippen molar-refractivity contribution in [3.05, 3.63) is 45.2 Å². The minimum absolute atomic E-state index is 0. The van der Waals surface area contributed by atoms with Crippen LogP contribution in [0.2, 0.25) is 45.2 Å². The van der Waals surface area contributed by atoms with E-state index in [1.165, 1.54) is 0 Å². The fourth-order valence-electron chi connectivity index (χ4n) is 1.20. The van der Waals surface area contributed by atoms with Gasteiger partial charge in [0.1, 0.15) is 30.1 Å². The molecule has 2 aromatic rings. The molecule has 16 heteroatoms. The molecule has 0 saturated heterocycles. The van der Waals surface area contributed by atoms with E-state index in [-0.39, 0.29) is 76.3 Å². The second kappa shape index (κ2) is 18.0. The molecule has 0 heterocycles. The zero-order valence-electron chi connectivity index (χ0n) is 13.8. The van der Waals surface area contributed by atoms with Gasteiger partial charge < -0.3 is 33.2 Å². The lowest BCUT2D eigenvalue weighted by Crippen LogP contribution is -3.00. The summed E-state index contributed by atoms with van der Waals surface area (Å²) in [6.07, 6.45) is 0. The molecule has 2 rings (SSSR count). The van der Waals surface area contributed by atoms with Gasteiger partial charge in [-0.15, -0.1) is 17.2 Å². The number of halogens is 10. The quantitative estimate of drug-likeness (QED) is 0.103. The Morgan fingerprint density at radius 2 is 0.633 bits per heavy atom. The van der Waals surface area contributed by atoms with Gasteiger partial charge in [-0.3, -0.25) is 0 Å². The van der Waals surface area contributed by atoms with Crippen LogP contribution in [-0.4, -0.2) is 22.0 Å². The third-order valence-electron chi connectivity index (χ3n) is 2.40. The lowest BCUT2D eigenvalue weighted by Gasteiger charge is -2.06. The minimum atomic E-state index is -0.439. The molecule has 4 nitrogen and oxygen atoms in total. The van der Waals surface area contributed by atoms with E-state index in [0.29, 0.717) is 0 Å². The molecule has 0 radical (unpaired) electrons. The number of rotatable bonds is 0. The molecule has 0 amide bonds. The summed E-state index contributed by atoms with van der Waals surface area (Å²) in [6, 6.07) is 0. The van der Waals surface area contributed by atoms with Crippen molar-refractivity contribution < 1.29 is 33.2 Å². The summed E-state index contributed by atoms with van der Waals surface area (Å²) in [5, 5.41) is 26.4. The van der Waals surface area contributed by atoms with E-state index in [0.717, 1.165) is 8.27 Å². The molecule has 0 aliphatic rings. The maximum Gasteiger partial charge on any atom is 0.156 e. The molecule has 0 aliphatic carbocycles. The molecule has 0 saturated carbocycles. The van der Waals surface area contributed by atoms with Crippen LogP contribution in [0.3, 0.4) is 0 Å². The molecular formula is C14H16Cl10O4P2. The van der Waals surface area contributed by atoms with Crippen molar-refractivity contribution >= 4 is 122 Å². The van der Waals surface area contributed by atoms with Gasteiger partial charge in [-0.05, 0) is 6.66 Å². The highest BCUT2D eigenvalue weighted by Gasteiger charge is 2.19. The van der Waals surface area contributed by atoms with Crippen molar-refractivity contribution in [1.29, 1.82) is 0 Å². The van der Waals surface area contributed by atoms with E-state index in [1.54, 1.807) is 0 Å². The molecule has 0 aliphatic heterocycles. The first-order valence-corrected chi connectivity index (χ1v) is 12.9. The van der Waals surface area contributed by atoms with Gasteiger partial charge in [0, 0.05) is 0 Å². The molecule has 2 aromatic carbocycles. The largest absolute Gasteiger partial charge is 1.00 e. The number of benzene rings is 2. The van der Waals surface area contributed by atoms with Crippen molar-refractivity contribution in [2.75, 3.05) is 6.66 Å². The first-order chi connectivity index (χ1) is 12.3. The van der Waals surface area contributed by atoms with Gasteiger partial charge in [-0.1, -0.05) is 112 Å². The molecule has 6 N–H and O–H groups in total. The molecule has 0 bridgehead atoms. The van der Waals surface area contributed by atoms with Gasteiger partial charge in [-0.25, -0.2) is 0 Å². The lowest BCUT2D eigenvalue weighted by molar-refractivity contribution is -0.00000928. The Hall–Kier alpha value is 1.56. The Kier molecular flexibility index (Phi) is 23.2. The van der Waals surface area contributed by atoms with Crippen LogP contribution in [0.4, 0.5) is 0 Å². The Morgan fingerprint density at radius 3 is 0.800 bits per heavy atom. The summed E-state index contributed by atoms with van der Waals surface area (Å²) in [4.78, 5) is 0. The first kappa shape index (κ1) is 38.8. The zero-order chi connectivity index (χ0) is 21.6. The predicted molar refractivity (Wildman–Crippen MR) is 139 cm³/mol. The highest BCUT2D eigenvalue weighted by atomic mass is 35.5. The van der Waals surface area contributed by atoms with E-state index in [1.807, 2.05) is 0 Å². The van der Waals surface area contributed by atoms with Crippen molar-refractivity contribution in [1.82, 2.24) is 0 Å². The van der Waals surface area contributed by atoms with Crippen molar-refractivity contribution in [2.24, 2.45) is 0 Å². The first-order valence-electron chi connectivity index (χ1n) is 6.16. The van der Waals surface area contributed by atoms with Crippen LogP contribution in [0, 0.1) is 0 Å². The van der Waals surface area contributed by atoms with Crippen molar-refractivity contribution in [2.45, 2.75) is 7.43 Å². The summed E-state index contributed by atoms with van der Waals surface area (Å²) in [7, 11) is 3.61. The van der Waals surface area contributed by atoms with E-state index in [4.69, 9.17) is 115 Å². The standard InChI is InChI=1S/C6HCl5O.C6H2Cl4O2.CH6P2.CH4.ClH.H2O/c7-1-2(8)4(10)6(12)5(11)3(1)9;7-1-2(8)6(12)4(10)3(9)5(1)11;1-3-2;;;/h12H;11-12H;3H,2H2,1H3;1H4;1H;1H2. The Bertz CT molecular complexity index is 562. The Labute approximate surface area is 229 Å². The summed E-state index contributed by atoms with van der Waals surface area (Å²) in [6.45, 7) is 2.12. The average Bonchev–Trinajstić information content (AvgIpc) is 2.65. The van der Waals surface area contributed by atoms with Crippen LogP contribution < -0.4 is 12.4 Å². The molecule has 2 atom stereocenters. The summed E-state index contributed by atoms with van der Waals surface area (Å²) >= 11 is 49.8. The number of phenolic OH excluding ortho intramolecular Hbond substituents is 3. The fraction of sp³-hybridized carbons (Fsp3) is 0.143. The molecule has 30 heavy (non-hydrogen) atoms. The number of hydrogen-bond donors (Lipinski definition) is 3. The number of phenols is 3. The third-order valence-corrected chi connectivity index (χ3v) is 6.33. The number of hydrogen-bond acceptors (Lipinski definition) is 3. The number of aromatic hydroxyl groups is 3. The van der Waals surface area contributed by atoms with E-state index < -0.39 is 11.5 Å². The molecular weight excluding hydrogens is 649 g/mol. The third kappa shape index (κ3) is 9.82. The highest BCUT2D eigenvalue weighted by Crippen LogP contribution is 2.49. The van der Waals surface area contributed by atoms with Crippen LogP contribution in [0.25, 0.3) is 0 Å². The summed E-state index contributed by atoms with van der Waals surface area (Å²) < 4.78 is 0. The zero-order valence-corrected chi connectivity index (χ0v) is 23.5. The molecule has 0 aromatic heterocycles. The van der Waals surface area contributed by atoms with Crippen LogP contribution in [0.15, 0.2) is 0 Å². The normalized spacial score (nSPS) is 9.30. The van der Waals surface area contributed by atoms with Gasteiger partial charge in [0.25, 0.3) is 0 Å². The fourth-order valence-corrected chi connectivity index (χ4v) is 3.16. The van der Waals surface area contributed by atoms with E-state index >= 15 is 0 Å². The van der Waals surface area contributed by atoms with Gasteiger partial charge in [-0.2, -0.15) is 0 Å². The topological polar surface area (TPSA) is 93.7 Å². The minimum Gasteiger partial charge on any atom is -1.00 e. The van der Waals surface area contributed by atoms with Crippen LogP contribution >= 0.6 is 122 Å². The predicted octanol–water partition coefficient (Wildman–Crippen LogP) is 6.17. The van der Waals surface area contributed by atoms with Crippen LogP contribution in [-0.2, 0) is 5.48 Å². The summed E-state index contributed by atoms with van der Waals surface area (Å²) in [5.74, 6) is -1.24. The van der Waals surface area contributed by atoms with E-state index in [9.17, 15) is 5.11 Å². The molecule has 2 unspecified atom stereocenters. The smallest absolute Gasteiger partial charge is 0.156 e. The summed E-state index contributed by atoms with van der Waals surface area (Å²) in [5.41, 5.74) is 0. The lowest BCUT2D eigenvalue weighted by atomic mass is 10.3. The average molecular weight is 665 g/mol. The molecule has 0 fully saturated rings. The Balaban J connectivity index is -0.000000183. The van der Waals surface area contributed by atoms with Crippen LogP contribution in [0.5, 0.6) is 17.2 Å². The van der Waals surface area contributed by atoms with Gasteiger partial charge in [0.15, 0.2) is 17.2 Å². The SMILES string of the molecule is C.CPP.Oc1c(Cl)c(Cl)c(Cl)c(Cl)c1Cl.Oc1c(Cl)c(Cl)c(O)c(Cl)c1Cl.[Cl-].[OH3+]. The highest BCUT2D eigenvalue weighted by molar-refractivity contribution is 8.02. The van der Waals surface area contributed by atoms with Crippen molar-refractivity contribution in [3.8, 4) is 17.2 Å². The second-order valence-corrected chi connectivity index (χ2v) is 9.87. The maximum absolute atomic E-state index is 9.20.